The lowest BCUT2D eigenvalue weighted by atomic mass is 10.0. The zero-order valence-electron chi connectivity index (χ0n) is 16.3. The molecule has 2 aliphatic heterocycles. The molecule has 0 bridgehead atoms. The van der Waals surface area contributed by atoms with E-state index < -0.39 is 34.1 Å². The Morgan fingerprint density at radius 2 is 2.23 bits per heavy atom. The molecule has 1 aromatic carbocycles. The van der Waals surface area contributed by atoms with Gasteiger partial charge in [-0.15, -0.1) is 5.10 Å². The van der Waals surface area contributed by atoms with Gasteiger partial charge in [0.1, 0.15) is 5.82 Å². The van der Waals surface area contributed by atoms with E-state index in [0.717, 1.165) is 0 Å². The molecule has 9 nitrogen and oxygen atoms in total. The molecule has 0 N–H and O–H groups in total. The van der Waals surface area contributed by atoms with Crippen molar-refractivity contribution in [2.24, 2.45) is 0 Å². The van der Waals surface area contributed by atoms with Crippen molar-refractivity contribution in [3.63, 3.8) is 0 Å². The minimum Gasteiger partial charge on any atom is -0.439 e. The van der Waals surface area contributed by atoms with Crippen molar-refractivity contribution in [3.05, 3.63) is 48.0 Å². The van der Waals surface area contributed by atoms with E-state index in [0.29, 0.717) is 23.4 Å². The first-order chi connectivity index (χ1) is 14.4. The van der Waals surface area contributed by atoms with Gasteiger partial charge in [0.05, 0.1) is 29.9 Å². The smallest absolute Gasteiger partial charge is 0.414 e. The second kappa shape index (κ2) is 8.15. The third-order valence-electron chi connectivity index (χ3n) is 5.07. The molecule has 1 aromatic heterocycles. The molecule has 0 aliphatic carbocycles. The summed E-state index contributed by atoms with van der Waals surface area (Å²) in [5.41, 5.74) is 1.34. The molecule has 160 valence electrons. The molecule has 11 heteroatoms. The van der Waals surface area contributed by atoms with Crippen molar-refractivity contribution in [1.82, 2.24) is 15.0 Å². The average molecular weight is 436 g/mol. The summed E-state index contributed by atoms with van der Waals surface area (Å²) < 4.78 is 50.5. The van der Waals surface area contributed by atoms with E-state index in [1.54, 1.807) is 24.4 Å². The van der Waals surface area contributed by atoms with E-state index in [-0.39, 0.29) is 24.5 Å². The number of halogens is 1. The van der Waals surface area contributed by atoms with Gasteiger partial charge in [0, 0.05) is 18.4 Å². The van der Waals surface area contributed by atoms with Gasteiger partial charge in [0.25, 0.3) is 0 Å². The molecule has 2 atom stereocenters. The number of anilines is 1. The quantitative estimate of drug-likeness (QED) is 0.684. The van der Waals surface area contributed by atoms with Crippen LogP contribution in [0.3, 0.4) is 0 Å². The largest absolute Gasteiger partial charge is 0.439 e. The summed E-state index contributed by atoms with van der Waals surface area (Å²) in [6.07, 6.45) is 3.02. The Morgan fingerprint density at radius 1 is 1.40 bits per heavy atom. The van der Waals surface area contributed by atoms with Gasteiger partial charge >= 0.3 is 6.09 Å². The van der Waals surface area contributed by atoms with Gasteiger partial charge < -0.3 is 9.47 Å². The number of allylic oxidation sites excluding steroid dienone is 1. The Labute approximate surface area is 173 Å². The molecule has 30 heavy (non-hydrogen) atoms. The van der Waals surface area contributed by atoms with Gasteiger partial charge in [-0.05, 0) is 37.1 Å². The number of hydrogen-bond donors (Lipinski definition) is 0. The third kappa shape index (κ3) is 4.08. The number of sulfone groups is 1. The topological polar surface area (TPSA) is 104 Å². The molecule has 1 fully saturated rings. The summed E-state index contributed by atoms with van der Waals surface area (Å²) in [5.74, 6) is -0.613. The predicted molar refractivity (Wildman–Crippen MR) is 106 cm³/mol. The zero-order valence-corrected chi connectivity index (χ0v) is 17.1. The van der Waals surface area contributed by atoms with Crippen molar-refractivity contribution in [2.75, 3.05) is 29.6 Å². The average Bonchev–Trinajstić information content (AvgIpc) is 3.36. The predicted octanol–water partition coefficient (Wildman–Crippen LogP) is 2.18. The number of ether oxygens (including phenoxy) is 2. The lowest BCUT2D eigenvalue weighted by Crippen LogP contribution is -2.31. The molecule has 3 heterocycles. The van der Waals surface area contributed by atoms with E-state index >= 15 is 0 Å². The van der Waals surface area contributed by atoms with Crippen LogP contribution in [-0.4, -0.2) is 60.3 Å². The molecule has 2 aliphatic rings. The highest BCUT2D eigenvalue weighted by molar-refractivity contribution is 7.91. The van der Waals surface area contributed by atoms with E-state index in [2.05, 4.69) is 10.3 Å². The summed E-state index contributed by atoms with van der Waals surface area (Å²) in [4.78, 5) is 13.8. The number of amides is 1. The molecule has 1 unspecified atom stereocenters. The number of rotatable bonds is 6. The molecule has 2 aromatic rings. The van der Waals surface area contributed by atoms with Crippen LogP contribution in [0.1, 0.15) is 25.1 Å². The highest BCUT2D eigenvalue weighted by Gasteiger charge is 2.39. The SMILES string of the molecule is CCOC([C@H]1CN(c2ccc(C3=CCS(=O)(=O)CC3)c(F)c2)C(=O)O1)n1ccnn1. The van der Waals surface area contributed by atoms with Gasteiger partial charge in [-0.1, -0.05) is 11.3 Å². The second-order valence-electron chi connectivity index (χ2n) is 7.02. The van der Waals surface area contributed by atoms with Crippen LogP contribution in [0.25, 0.3) is 5.57 Å². The van der Waals surface area contributed by atoms with Gasteiger partial charge in [0.15, 0.2) is 22.2 Å². The van der Waals surface area contributed by atoms with Gasteiger partial charge in [-0.2, -0.15) is 0 Å². The highest BCUT2D eigenvalue weighted by atomic mass is 32.2. The first kappa shape index (κ1) is 20.5. The molecule has 0 spiro atoms. The fraction of sp³-hybridized carbons (Fsp3) is 0.421. The van der Waals surface area contributed by atoms with Crippen LogP contribution in [0.2, 0.25) is 0 Å². The second-order valence-corrected chi connectivity index (χ2v) is 9.25. The number of benzene rings is 1. The van der Waals surface area contributed by atoms with Crippen molar-refractivity contribution < 1.29 is 27.1 Å². The van der Waals surface area contributed by atoms with Crippen LogP contribution in [0.4, 0.5) is 14.9 Å². The Balaban J connectivity index is 1.54. The maximum atomic E-state index is 14.8. The first-order valence-corrected chi connectivity index (χ1v) is 11.3. The number of hydrogen-bond acceptors (Lipinski definition) is 7. The maximum absolute atomic E-state index is 14.8. The molecule has 1 saturated heterocycles. The Bertz CT molecular complexity index is 1070. The number of carbonyl (C=O) groups excluding carboxylic acids is 1. The van der Waals surface area contributed by atoms with E-state index in [4.69, 9.17) is 9.47 Å². The van der Waals surface area contributed by atoms with Crippen LogP contribution in [0.15, 0.2) is 36.7 Å². The normalized spacial score (nSPS) is 21.9. The van der Waals surface area contributed by atoms with Crippen molar-refractivity contribution in [2.45, 2.75) is 25.7 Å². The maximum Gasteiger partial charge on any atom is 0.414 e. The summed E-state index contributed by atoms with van der Waals surface area (Å²) in [7, 11) is -3.09. The molecule has 0 saturated carbocycles. The Hall–Kier alpha value is -2.79. The van der Waals surface area contributed by atoms with Crippen LogP contribution in [0, 0.1) is 5.82 Å². The standard InChI is InChI=1S/C19H21FN4O5S/c1-2-28-18(24-8-7-21-22-24)17-12-23(19(25)29-17)14-3-4-15(16(20)11-14)13-5-9-30(26,27)10-6-13/h3-5,7-8,11,17-18H,2,6,9-10,12H2,1H3/t17-,18?/m1/s1. The summed E-state index contributed by atoms with van der Waals surface area (Å²) >= 11 is 0. The lowest BCUT2D eigenvalue weighted by Gasteiger charge is -2.21. The van der Waals surface area contributed by atoms with Gasteiger partial charge in [-0.3, -0.25) is 4.90 Å². The number of nitrogens with zero attached hydrogens (tertiary/aromatic N) is 4. The molecule has 0 radical (unpaired) electrons. The molecule has 4 rings (SSSR count). The molecular weight excluding hydrogens is 415 g/mol. The van der Waals surface area contributed by atoms with Gasteiger partial charge in [0.2, 0.25) is 0 Å². The van der Waals surface area contributed by atoms with E-state index in [1.807, 2.05) is 6.92 Å². The minimum atomic E-state index is -3.09. The zero-order chi connectivity index (χ0) is 21.3. The third-order valence-corrected chi connectivity index (χ3v) is 6.57. The van der Waals surface area contributed by atoms with E-state index in [1.165, 1.54) is 21.8 Å². The molecular formula is C19H21FN4O5S. The summed E-state index contributed by atoms with van der Waals surface area (Å²) in [6, 6.07) is 4.44. The van der Waals surface area contributed by atoms with Crippen LogP contribution in [0.5, 0.6) is 0 Å². The van der Waals surface area contributed by atoms with Crippen molar-refractivity contribution >= 4 is 27.2 Å². The first-order valence-electron chi connectivity index (χ1n) is 9.53. The van der Waals surface area contributed by atoms with Crippen molar-refractivity contribution in [1.29, 1.82) is 0 Å². The Kier molecular flexibility index (Phi) is 5.56. The lowest BCUT2D eigenvalue weighted by molar-refractivity contribution is -0.0720. The van der Waals surface area contributed by atoms with Crippen LogP contribution in [-0.2, 0) is 19.3 Å². The minimum absolute atomic E-state index is 0.00125. The summed E-state index contributed by atoms with van der Waals surface area (Å²) in [5, 5.41) is 7.67. The summed E-state index contributed by atoms with van der Waals surface area (Å²) in [6.45, 7) is 2.35. The van der Waals surface area contributed by atoms with Crippen LogP contribution < -0.4 is 4.90 Å². The molecule has 1 amide bonds. The van der Waals surface area contributed by atoms with Gasteiger partial charge in [-0.25, -0.2) is 22.3 Å². The van der Waals surface area contributed by atoms with E-state index in [9.17, 15) is 17.6 Å². The fourth-order valence-electron chi connectivity index (χ4n) is 3.58. The van der Waals surface area contributed by atoms with Crippen LogP contribution >= 0.6 is 0 Å². The number of cyclic esters (lactones) is 1. The highest BCUT2D eigenvalue weighted by Crippen LogP contribution is 2.32. The van der Waals surface area contributed by atoms with Crippen molar-refractivity contribution in [3.8, 4) is 0 Å². The fourth-order valence-corrected chi connectivity index (χ4v) is 4.73. The Morgan fingerprint density at radius 3 is 2.87 bits per heavy atom. The number of aromatic nitrogens is 3. The number of carbonyl (C=O) groups is 1. The monoisotopic (exact) mass is 436 g/mol.